The highest BCUT2D eigenvalue weighted by atomic mass is 79.9. The maximum Gasteiger partial charge on any atom is 0.254 e. The molecular weight excluding hydrogens is 334 g/mol. The summed E-state index contributed by atoms with van der Waals surface area (Å²) in [5.74, 6) is 1.30. The van der Waals surface area contributed by atoms with Crippen LogP contribution in [-0.2, 0) is 0 Å². The van der Waals surface area contributed by atoms with Crippen molar-refractivity contribution in [3.8, 4) is 11.8 Å². The van der Waals surface area contributed by atoms with Crippen LogP contribution in [0.3, 0.4) is 0 Å². The van der Waals surface area contributed by atoms with Crippen molar-refractivity contribution in [3.63, 3.8) is 0 Å². The first kappa shape index (κ1) is 13.5. The third kappa shape index (κ3) is 2.45. The van der Waals surface area contributed by atoms with Crippen LogP contribution >= 0.6 is 28.3 Å². The van der Waals surface area contributed by atoms with Gasteiger partial charge in [-0.1, -0.05) is 0 Å². The summed E-state index contributed by atoms with van der Waals surface area (Å²) in [6, 6.07) is 3.59. The molecule has 0 aliphatic rings. The molecule has 19 heavy (non-hydrogen) atoms. The molecule has 7 nitrogen and oxygen atoms in total. The van der Waals surface area contributed by atoms with Gasteiger partial charge in [-0.05, 0) is 28.1 Å². The third-order valence-electron chi connectivity index (χ3n) is 2.28. The van der Waals surface area contributed by atoms with Crippen molar-refractivity contribution < 1.29 is 0 Å². The number of hydrogen-bond acceptors (Lipinski definition) is 5. The summed E-state index contributed by atoms with van der Waals surface area (Å²) in [5, 5.41) is 8.19. The van der Waals surface area contributed by atoms with Crippen LogP contribution in [0.1, 0.15) is 0 Å². The summed E-state index contributed by atoms with van der Waals surface area (Å²) in [6.45, 7) is 0. The van der Waals surface area contributed by atoms with Gasteiger partial charge in [0.1, 0.15) is 10.3 Å². The third-order valence-corrected chi connectivity index (χ3v) is 3.04. The van der Waals surface area contributed by atoms with E-state index in [-0.39, 0.29) is 12.4 Å². The lowest BCUT2D eigenvalue weighted by atomic mass is 10.5. The van der Waals surface area contributed by atoms with Gasteiger partial charge in [-0.15, -0.1) is 12.4 Å². The summed E-state index contributed by atoms with van der Waals surface area (Å²) < 4.78 is 3.74. The molecule has 0 aliphatic heterocycles. The Morgan fingerprint density at radius 1 is 1.00 bits per heavy atom. The topological polar surface area (TPSA) is 87.4 Å². The highest BCUT2D eigenvalue weighted by molar-refractivity contribution is 9.10. The molecule has 0 saturated carbocycles. The Labute approximate surface area is 123 Å². The van der Waals surface area contributed by atoms with Crippen LogP contribution in [0.25, 0.3) is 11.8 Å². The minimum atomic E-state index is 0. The molecule has 0 spiro atoms. The van der Waals surface area contributed by atoms with Crippen LogP contribution in [0.2, 0.25) is 0 Å². The minimum Gasteiger partial charge on any atom is -0.383 e. The molecule has 9 heteroatoms. The van der Waals surface area contributed by atoms with Crippen LogP contribution in [0.15, 0.2) is 41.4 Å². The first-order valence-electron chi connectivity index (χ1n) is 5.09. The normalized spacial score (nSPS) is 10.2. The van der Waals surface area contributed by atoms with E-state index in [0.717, 1.165) is 0 Å². The second-order valence-electron chi connectivity index (χ2n) is 3.45. The maximum atomic E-state index is 5.85. The van der Waals surface area contributed by atoms with Crippen molar-refractivity contribution in [1.82, 2.24) is 29.5 Å². The molecule has 3 heterocycles. The number of rotatable bonds is 2. The van der Waals surface area contributed by atoms with Crippen molar-refractivity contribution in [2.75, 3.05) is 5.73 Å². The average molecular weight is 343 g/mol. The molecule has 0 unspecified atom stereocenters. The zero-order valence-electron chi connectivity index (χ0n) is 9.51. The highest BCUT2D eigenvalue weighted by Crippen LogP contribution is 2.24. The van der Waals surface area contributed by atoms with Crippen LogP contribution in [0.4, 0.5) is 5.82 Å². The summed E-state index contributed by atoms with van der Waals surface area (Å²) in [5.41, 5.74) is 5.85. The molecule has 0 aromatic carbocycles. The SMILES string of the molecule is Cl.Nc1nc(-n2cccn2)nc(-n2cccn2)c1Br. The van der Waals surface area contributed by atoms with Gasteiger partial charge in [0.15, 0.2) is 5.82 Å². The van der Waals surface area contributed by atoms with Crippen molar-refractivity contribution in [2.45, 2.75) is 0 Å². The molecule has 0 saturated heterocycles. The predicted molar refractivity (Wildman–Crippen MR) is 75.6 cm³/mol. The number of nitrogens with zero attached hydrogens (tertiary/aromatic N) is 6. The molecule has 0 amide bonds. The lowest BCUT2D eigenvalue weighted by Crippen LogP contribution is -2.10. The fourth-order valence-corrected chi connectivity index (χ4v) is 1.83. The zero-order chi connectivity index (χ0) is 12.5. The Hall–Kier alpha value is -1.93. The Morgan fingerprint density at radius 2 is 1.63 bits per heavy atom. The van der Waals surface area contributed by atoms with Gasteiger partial charge in [0.05, 0.1) is 0 Å². The number of hydrogen-bond donors (Lipinski definition) is 1. The van der Waals surface area contributed by atoms with E-state index < -0.39 is 0 Å². The number of halogens is 2. The second-order valence-corrected chi connectivity index (χ2v) is 4.24. The van der Waals surface area contributed by atoms with Crippen molar-refractivity contribution in [2.24, 2.45) is 0 Å². The molecule has 3 rings (SSSR count). The lowest BCUT2D eigenvalue weighted by Gasteiger charge is -2.08. The molecule has 0 aliphatic carbocycles. The van der Waals surface area contributed by atoms with Crippen LogP contribution in [0.5, 0.6) is 0 Å². The Bertz CT molecular complexity index is 666. The van der Waals surface area contributed by atoms with Gasteiger partial charge in [0.25, 0.3) is 5.95 Å². The number of nitrogen functional groups attached to an aromatic ring is 1. The lowest BCUT2D eigenvalue weighted by molar-refractivity contribution is 0.773. The summed E-state index contributed by atoms with van der Waals surface area (Å²) in [6.07, 6.45) is 6.84. The number of nitrogens with two attached hydrogens (primary N) is 1. The van der Waals surface area contributed by atoms with Gasteiger partial charge < -0.3 is 5.73 Å². The van der Waals surface area contributed by atoms with Gasteiger partial charge in [-0.25, -0.2) is 9.36 Å². The van der Waals surface area contributed by atoms with Crippen LogP contribution in [-0.4, -0.2) is 29.5 Å². The molecule has 0 atom stereocenters. The minimum absolute atomic E-state index is 0. The predicted octanol–water partition coefficient (Wildman–Crippen LogP) is 1.61. The highest BCUT2D eigenvalue weighted by Gasteiger charge is 2.13. The molecule has 3 aromatic rings. The fraction of sp³-hybridized carbons (Fsp3) is 0. The molecule has 3 aromatic heterocycles. The van der Waals surface area contributed by atoms with Crippen molar-refractivity contribution >= 4 is 34.2 Å². The van der Waals surface area contributed by atoms with Crippen molar-refractivity contribution in [3.05, 3.63) is 41.4 Å². The first-order chi connectivity index (χ1) is 8.75. The largest absolute Gasteiger partial charge is 0.383 e. The number of aromatic nitrogens is 6. The number of anilines is 1. The van der Waals surface area contributed by atoms with Crippen LogP contribution in [0, 0.1) is 0 Å². The first-order valence-corrected chi connectivity index (χ1v) is 5.88. The van der Waals surface area contributed by atoms with E-state index in [0.29, 0.717) is 22.1 Å². The molecule has 98 valence electrons. The Kier molecular flexibility index (Phi) is 3.82. The van der Waals surface area contributed by atoms with E-state index in [2.05, 4.69) is 36.1 Å². The van der Waals surface area contributed by atoms with E-state index in [1.807, 2.05) is 0 Å². The monoisotopic (exact) mass is 341 g/mol. The van der Waals surface area contributed by atoms with Crippen LogP contribution < -0.4 is 5.73 Å². The molecular formula is C10H9BrClN7. The Morgan fingerprint density at radius 3 is 2.21 bits per heavy atom. The van der Waals surface area contributed by atoms with Gasteiger partial charge in [0.2, 0.25) is 0 Å². The molecule has 2 N–H and O–H groups in total. The van der Waals surface area contributed by atoms with Gasteiger partial charge in [-0.2, -0.15) is 20.2 Å². The van der Waals surface area contributed by atoms with E-state index in [9.17, 15) is 0 Å². The average Bonchev–Trinajstić information content (AvgIpc) is 3.03. The Balaban J connectivity index is 0.00000133. The quantitative estimate of drug-likeness (QED) is 0.764. The maximum absolute atomic E-state index is 5.85. The van der Waals surface area contributed by atoms with Gasteiger partial charge in [0, 0.05) is 24.8 Å². The van der Waals surface area contributed by atoms with E-state index >= 15 is 0 Å². The summed E-state index contributed by atoms with van der Waals surface area (Å²) in [7, 11) is 0. The van der Waals surface area contributed by atoms with Gasteiger partial charge >= 0.3 is 0 Å². The zero-order valence-corrected chi connectivity index (χ0v) is 11.9. The smallest absolute Gasteiger partial charge is 0.254 e. The van der Waals surface area contributed by atoms with Crippen molar-refractivity contribution in [1.29, 1.82) is 0 Å². The molecule has 0 radical (unpaired) electrons. The van der Waals surface area contributed by atoms with Gasteiger partial charge in [-0.3, -0.25) is 0 Å². The second kappa shape index (κ2) is 5.37. The fourth-order valence-electron chi connectivity index (χ4n) is 1.48. The molecule has 0 bridgehead atoms. The standard InChI is InChI=1S/C10H8BrN7.ClH/c11-7-8(12)15-10(18-6-2-4-14-18)16-9(7)17-5-1-3-13-17;/h1-6H,(H2,12,15,16);1H. The summed E-state index contributed by atoms with van der Waals surface area (Å²) >= 11 is 3.36. The summed E-state index contributed by atoms with van der Waals surface area (Å²) in [4.78, 5) is 8.55. The van der Waals surface area contributed by atoms with E-state index in [1.165, 1.54) is 4.68 Å². The van der Waals surface area contributed by atoms with E-state index in [1.54, 1.807) is 41.6 Å². The van der Waals surface area contributed by atoms with E-state index in [4.69, 9.17) is 5.73 Å². The molecule has 0 fully saturated rings.